The van der Waals surface area contributed by atoms with Gasteiger partial charge >= 0.3 is 0 Å². The quantitative estimate of drug-likeness (QED) is 0.795. The molecule has 0 bridgehead atoms. The minimum Gasteiger partial charge on any atom is -0.491 e. The molecule has 2 heteroatoms. The van der Waals surface area contributed by atoms with E-state index in [4.69, 9.17) is 4.74 Å². The number of rotatable bonds is 7. The average Bonchev–Trinajstić information content (AvgIpc) is 3.20. The fraction of sp³-hybridized carbons (Fsp3) is 0.647. The minimum atomic E-state index is 0.237. The van der Waals surface area contributed by atoms with Crippen LogP contribution in [0.25, 0.3) is 0 Å². The van der Waals surface area contributed by atoms with Crippen molar-refractivity contribution < 1.29 is 4.74 Å². The molecule has 0 aliphatic heterocycles. The molecule has 0 radical (unpaired) electrons. The summed E-state index contributed by atoms with van der Waals surface area (Å²) in [6, 6.07) is 9.09. The van der Waals surface area contributed by atoms with Gasteiger partial charge in [-0.05, 0) is 62.8 Å². The second kappa shape index (κ2) is 6.42. The summed E-state index contributed by atoms with van der Waals surface area (Å²) in [4.78, 5) is 0. The molecule has 2 unspecified atom stereocenters. The van der Waals surface area contributed by atoms with E-state index in [2.05, 4.69) is 57.3 Å². The molecule has 2 nitrogen and oxygen atoms in total. The first-order valence-electron chi connectivity index (χ1n) is 7.61. The Morgan fingerprint density at radius 3 is 2.26 bits per heavy atom. The van der Waals surface area contributed by atoms with Crippen molar-refractivity contribution in [3.8, 4) is 5.75 Å². The molecule has 1 fully saturated rings. The van der Waals surface area contributed by atoms with Crippen molar-refractivity contribution in [1.82, 2.24) is 5.32 Å². The van der Waals surface area contributed by atoms with Crippen LogP contribution in [0.4, 0.5) is 0 Å². The zero-order valence-electron chi connectivity index (χ0n) is 12.6. The third-order valence-corrected chi connectivity index (χ3v) is 3.93. The molecule has 0 amide bonds. The van der Waals surface area contributed by atoms with Crippen LogP contribution in [0.3, 0.4) is 0 Å². The molecular weight excluding hydrogens is 234 g/mol. The highest BCUT2D eigenvalue weighted by Crippen LogP contribution is 2.42. The Morgan fingerprint density at radius 1 is 1.16 bits per heavy atom. The number of ether oxygens (including phenoxy) is 1. The molecule has 106 valence electrons. The van der Waals surface area contributed by atoms with Gasteiger partial charge in [0.1, 0.15) is 5.75 Å². The van der Waals surface area contributed by atoms with Crippen molar-refractivity contribution in [2.45, 2.75) is 52.7 Å². The Bertz CT molecular complexity index is 381. The fourth-order valence-corrected chi connectivity index (χ4v) is 2.75. The van der Waals surface area contributed by atoms with Crippen LogP contribution in [0.5, 0.6) is 5.75 Å². The third kappa shape index (κ3) is 3.97. The molecule has 1 saturated carbocycles. The highest BCUT2D eigenvalue weighted by atomic mass is 16.5. The predicted octanol–water partition coefficient (Wildman–Crippen LogP) is 4.17. The van der Waals surface area contributed by atoms with Crippen LogP contribution in [0.15, 0.2) is 24.3 Å². The Kier molecular flexibility index (Phi) is 4.87. The van der Waals surface area contributed by atoms with Crippen LogP contribution >= 0.6 is 0 Å². The van der Waals surface area contributed by atoms with E-state index in [9.17, 15) is 0 Å². The zero-order chi connectivity index (χ0) is 13.8. The highest BCUT2D eigenvalue weighted by Gasteiger charge is 2.33. The van der Waals surface area contributed by atoms with Gasteiger partial charge in [0.25, 0.3) is 0 Å². The van der Waals surface area contributed by atoms with Gasteiger partial charge in [-0.15, -0.1) is 0 Å². The van der Waals surface area contributed by atoms with Crippen molar-refractivity contribution in [3.63, 3.8) is 0 Å². The number of benzene rings is 1. The van der Waals surface area contributed by atoms with Gasteiger partial charge in [0, 0.05) is 6.04 Å². The molecule has 1 N–H and O–H groups in total. The maximum atomic E-state index is 5.71. The summed E-state index contributed by atoms with van der Waals surface area (Å²) in [5.74, 6) is 2.60. The summed E-state index contributed by atoms with van der Waals surface area (Å²) in [5.41, 5.74) is 1.39. The van der Waals surface area contributed by atoms with Crippen LogP contribution in [-0.2, 0) is 0 Å². The van der Waals surface area contributed by atoms with Crippen LogP contribution in [0.2, 0.25) is 0 Å². The topological polar surface area (TPSA) is 21.3 Å². The van der Waals surface area contributed by atoms with Crippen molar-refractivity contribution in [2.24, 2.45) is 11.8 Å². The Morgan fingerprint density at radius 2 is 1.79 bits per heavy atom. The standard InChI is InChI=1S/C17H27NO/c1-5-18-17(13(4)14-6-7-14)15-8-10-16(11-9-15)19-12(2)3/h8-14,17-18H,5-7H2,1-4H3. The highest BCUT2D eigenvalue weighted by molar-refractivity contribution is 5.30. The number of hydrogen-bond donors (Lipinski definition) is 1. The molecule has 0 aromatic heterocycles. The fourth-order valence-electron chi connectivity index (χ4n) is 2.75. The van der Waals surface area contributed by atoms with E-state index >= 15 is 0 Å². The van der Waals surface area contributed by atoms with E-state index in [1.54, 1.807) is 0 Å². The monoisotopic (exact) mass is 261 g/mol. The van der Waals surface area contributed by atoms with Crippen LogP contribution in [-0.4, -0.2) is 12.6 Å². The lowest BCUT2D eigenvalue weighted by molar-refractivity contribution is 0.242. The van der Waals surface area contributed by atoms with Crippen LogP contribution < -0.4 is 10.1 Å². The van der Waals surface area contributed by atoms with Gasteiger partial charge < -0.3 is 10.1 Å². The lowest BCUT2D eigenvalue weighted by Gasteiger charge is -2.25. The predicted molar refractivity (Wildman–Crippen MR) is 80.5 cm³/mol. The van der Waals surface area contributed by atoms with Gasteiger partial charge in [0.05, 0.1) is 6.10 Å². The maximum Gasteiger partial charge on any atom is 0.119 e. The van der Waals surface area contributed by atoms with E-state index in [-0.39, 0.29) is 6.10 Å². The molecular formula is C17H27NO. The molecule has 0 heterocycles. The molecule has 1 aromatic rings. The van der Waals surface area contributed by atoms with Gasteiger partial charge in [-0.1, -0.05) is 26.0 Å². The van der Waals surface area contributed by atoms with E-state index in [1.165, 1.54) is 18.4 Å². The first-order chi connectivity index (χ1) is 9.11. The molecule has 1 aromatic carbocycles. The first kappa shape index (κ1) is 14.4. The summed E-state index contributed by atoms with van der Waals surface area (Å²) >= 11 is 0. The summed E-state index contributed by atoms with van der Waals surface area (Å²) in [5, 5.41) is 3.64. The minimum absolute atomic E-state index is 0.237. The van der Waals surface area contributed by atoms with Gasteiger partial charge in [0.15, 0.2) is 0 Å². The van der Waals surface area contributed by atoms with E-state index in [0.29, 0.717) is 6.04 Å². The molecule has 19 heavy (non-hydrogen) atoms. The molecule has 1 aliphatic rings. The zero-order valence-corrected chi connectivity index (χ0v) is 12.6. The lowest BCUT2D eigenvalue weighted by Crippen LogP contribution is -2.27. The number of nitrogens with one attached hydrogen (secondary N) is 1. The summed E-state index contributed by atoms with van der Waals surface area (Å²) < 4.78 is 5.71. The van der Waals surface area contributed by atoms with Crippen molar-refractivity contribution >= 4 is 0 Å². The maximum absolute atomic E-state index is 5.71. The lowest BCUT2D eigenvalue weighted by atomic mass is 9.90. The van der Waals surface area contributed by atoms with Crippen molar-refractivity contribution in [3.05, 3.63) is 29.8 Å². The second-order valence-corrected chi connectivity index (χ2v) is 5.97. The normalized spacial score (nSPS) is 18.4. The van der Waals surface area contributed by atoms with Gasteiger partial charge in [-0.25, -0.2) is 0 Å². The Balaban J connectivity index is 2.07. The first-order valence-corrected chi connectivity index (χ1v) is 7.61. The number of hydrogen-bond acceptors (Lipinski definition) is 2. The largest absolute Gasteiger partial charge is 0.491 e. The van der Waals surface area contributed by atoms with E-state index < -0.39 is 0 Å². The summed E-state index contributed by atoms with van der Waals surface area (Å²) in [6.45, 7) is 9.70. The summed E-state index contributed by atoms with van der Waals surface area (Å²) in [6.07, 6.45) is 3.04. The SMILES string of the molecule is CCNC(c1ccc(OC(C)C)cc1)C(C)C1CC1. The van der Waals surface area contributed by atoms with Gasteiger partial charge in [-0.2, -0.15) is 0 Å². The molecule has 0 spiro atoms. The second-order valence-electron chi connectivity index (χ2n) is 5.97. The van der Waals surface area contributed by atoms with Gasteiger partial charge in [-0.3, -0.25) is 0 Å². The van der Waals surface area contributed by atoms with E-state index in [0.717, 1.165) is 24.1 Å². The molecule has 1 aliphatic carbocycles. The van der Waals surface area contributed by atoms with Gasteiger partial charge in [0.2, 0.25) is 0 Å². The molecule has 0 saturated heterocycles. The third-order valence-electron chi connectivity index (χ3n) is 3.93. The molecule has 2 rings (SSSR count). The van der Waals surface area contributed by atoms with Crippen LogP contribution in [0, 0.1) is 11.8 Å². The Hall–Kier alpha value is -1.02. The Labute approximate surface area is 117 Å². The van der Waals surface area contributed by atoms with E-state index in [1.807, 2.05) is 0 Å². The van der Waals surface area contributed by atoms with Crippen LogP contribution in [0.1, 0.15) is 52.1 Å². The van der Waals surface area contributed by atoms with Crippen molar-refractivity contribution in [2.75, 3.05) is 6.54 Å². The van der Waals surface area contributed by atoms with Crippen molar-refractivity contribution in [1.29, 1.82) is 0 Å². The average molecular weight is 261 g/mol. The molecule has 2 atom stereocenters. The summed E-state index contributed by atoms with van der Waals surface area (Å²) in [7, 11) is 0. The smallest absolute Gasteiger partial charge is 0.119 e.